The highest BCUT2D eigenvalue weighted by molar-refractivity contribution is 6.12. The molecule has 13 heteroatoms. The van der Waals surface area contributed by atoms with Gasteiger partial charge in [0, 0.05) is 18.7 Å². The summed E-state index contributed by atoms with van der Waals surface area (Å²) in [6.07, 6.45) is 2.97. The van der Waals surface area contributed by atoms with Crippen molar-refractivity contribution in [3.8, 4) is 0 Å². The third-order valence-corrected chi connectivity index (χ3v) is 5.71. The fourth-order valence-corrected chi connectivity index (χ4v) is 3.97. The first-order chi connectivity index (χ1) is 20.7. The molecule has 258 valence electrons. The van der Waals surface area contributed by atoms with Gasteiger partial charge in [0.05, 0.1) is 64.4 Å². The van der Waals surface area contributed by atoms with Gasteiger partial charge in [-0.2, -0.15) is 0 Å². The van der Waals surface area contributed by atoms with E-state index in [-0.39, 0.29) is 77.3 Å². The van der Waals surface area contributed by atoms with Crippen molar-refractivity contribution in [2.75, 3.05) is 52.7 Å². The average molecular weight is 643 g/mol. The average Bonchev–Trinajstić information content (AvgIpc) is 3.18. The Hall–Kier alpha value is -2.87. The number of amides is 2. The molecule has 0 aromatic carbocycles. The first kappa shape index (κ1) is 40.2. The molecule has 1 heterocycles. The van der Waals surface area contributed by atoms with Gasteiger partial charge in [-0.1, -0.05) is 0 Å². The molecule has 0 atom stereocenters. The summed E-state index contributed by atoms with van der Waals surface area (Å²) in [5.74, 6) is -1.95. The molecular formula is C32H54N2O11. The van der Waals surface area contributed by atoms with E-state index in [1.807, 2.05) is 0 Å². The molecule has 0 unspecified atom stereocenters. The highest BCUT2D eigenvalue weighted by atomic mass is 16.6. The Morgan fingerprint density at radius 2 is 0.956 bits per heavy atom. The largest absolute Gasteiger partial charge is 0.460 e. The van der Waals surface area contributed by atoms with Gasteiger partial charge in [-0.25, -0.2) is 0 Å². The third-order valence-electron chi connectivity index (χ3n) is 5.71. The minimum absolute atomic E-state index is 0.0263. The lowest BCUT2D eigenvalue weighted by molar-refractivity contribution is -0.157. The maximum Gasteiger partial charge on any atom is 0.308 e. The van der Waals surface area contributed by atoms with Crippen LogP contribution in [0.2, 0.25) is 0 Å². The van der Waals surface area contributed by atoms with E-state index in [2.05, 4.69) is 5.32 Å². The highest BCUT2D eigenvalue weighted by Gasteiger charge is 2.32. The number of rotatable bonds is 20. The fraction of sp³-hybridized carbons (Fsp3) is 0.781. The zero-order chi connectivity index (χ0) is 34.3. The van der Waals surface area contributed by atoms with E-state index in [9.17, 15) is 24.0 Å². The van der Waals surface area contributed by atoms with E-state index in [1.165, 1.54) is 12.2 Å². The molecule has 0 aliphatic carbocycles. The van der Waals surface area contributed by atoms with E-state index in [0.29, 0.717) is 13.0 Å². The van der Waals surface area contributed by atoms with E-state index in [0.717, 1.165) is 4.90 Å². The van der Waals surface area contributed by atoms with Crippen molar-refractivity contribution < 1.29 is 52.4 Å². The first-order valence-electron chi connectivity index (χ1n) is 15.4. The summed E-state index contributed by atoms with van der Waals surface area (Å²) in [6, 6.07) is 0. The molecule has 45 heavy (non-hydrogen) atoms. The Labute approximate surface area is 267 Å². The maximum atomic E-state index is 12.2. The van der Waals surface area contributed by atoms with E-state index < -0.39 is 40.2 Å². The van der Waals surface area contributed by atoms with Crippen molar-refractivity contribution in [2.24, 2.45) is 0 Å². The van der Waals surface area contributed by atoms with Crippen LogP contribution in [0.5, 0.6) is 0 Å². The molecule has 0 spiro atoms. The van der Waals surface area contributed by atoms with E-state index >= 15 is 0 Å². The van der Waals surface area contributed by atoms with Crippen molar-refractivity contribution in [2.45, 2.75) is 110 Å². The predicted octanol–water partition coefficient (Wildman–Crippen LogP) is 2.88. The molecule has 0 aromatic heterocycles. The van der Waals surface area contributed by atoms with Crippen LogP contribution < -0.4 is 5.32 Å². The molecule has 1 N–H and O–H groups in total. The van der Waals surface area contributed by atoms with Crippen LogP contribution in [0.25, 0.3) is 0 Å². The zero-order valence-corrected chi connectivity index (χ0v) is 28.6. The van der Waals surface area contributed by atoms with Gasteiger partial charge in [-0.3, -0.25) is 28.9 Å². The van der Waals surface area contributed by atoms with Gasteiger partial charge in [0.25, 0.3) is 11.8 Å². The molecule has 0 bridgehead atoms. The van der Waals surface area contributed by atoms with Gasteiger partial charge in [-0.05, 0) is 75.3 Å². The second kappa shape index (κ2) is 18.3. The molecule has 13 nitrogen and oxygen atoms in total. The Morgan fingerprint density at radius 3 is 1.27 bits per heavy atom. The summed E-state index contributed by atoms with van der Waals surface area (Å²) >= 11 is 0. The SMILES string of the molecule is CC(C)(C)OC(=O)CCOCC(COCCC(=O)OC(C)(C)C)(COCCC(=O)OC(C)(C)C)NCCCN1C(=O)C=CC1=O. The standard InChI is InChI=1S/C32H54N2O11/c1-29(2,3)43-26(37)13-18-40-21-32(22-41-19-14-27(38)44-30(4,5)6,23-42-20-15-28(39)45-31(7,8)9)33-16-10-17-34-24(35)11-12-25(34)36/h11-12,33H,10,13-23H2,1-9H3. The molecule has 0 aromatic rings. The van der Waals surface area contributed by atoms with E-state index in [1.54, 1.807) is 62.3 Å². The second-order valence-corrected chi connectivity index (χ2v) is 13.9. The molecule has 1 rings (SSSR count). The molecule has 0 fully saturated rings. The Morgan fingerprint density at radius 1 is 0.622 bits per heavy atom. The minimum atomic E-state index is -0.979. The van der Waals surface area contributed by atoms with Crippen molar-refractivity contribution in [1.82, 2.24) is 10.2 Å². The van der Waals surface area contributed by atoms with Crippen molar-refractivity contribution in [3.05, 3.63) is 12.2 Å². The normalized spacial score (nSPS) is 14.2. The smallest absolute Gasteiger partial charge is 0.308 e. The Kier molecular flexibility index (Phi) is 16.3. The predicted molar refractivity (Wildman–Crippen MR) is 165 cm³/mol. The Balaban J connectivity index is 2.94. The van der Waals surface area contributed by atoms with Crippen LogP contribution in [0.4, 0.5) is 0 Å². The number of hydrogen-bond acceptors (Lipinski definition) is 12. The number of carbonyl (C=O) groups is 5. The summed E-state index contributed by atoms with van der Waals surface area (Å²) in [5.41, 5.74) is -2.85. The summed E-state index contributed by atoms with van der Waals surface area (Å²) < 4.78 is 33.8. The molecule has 0 radical (unpaired) electrons. The zero-order valence-electron chi connectivity index (χ0n) is 28.6. The minimum Gasteiger partial charge on any atom is -0.460 e. The Bertz CT molecular complexity index is 913. The van der Waals surface area contributed by atoms with Gasteiger partial charge >= 0.3 is 17.9 Å². The first-order valence-corrected chi connectivity index (χ1v) is 15.4. The van der Waals surface area contributed by atoms with Gasteiger partial charge in [-0.15, -0.1) is 0 Å². The van der Waals surface area contributed by atoms with Crippen molar-refractivity contribution in [1.29, 1.82) is 0 Å². The number of carbonyl (C=O) groups excluding carboxylic acids is 5. The molecule has 1 aliphatic rings. The second-order valence-electron chi connectivity index (χ2n) is 13.9. The van der Waals surface area contributed by atoms with Gasteiger partial charge in [0.15, 0.2) is 0 Å². The highest BCUT2D eigenvalue weighted by Crippen LogP contribution is 2.14. The van der Waals surface area contributed by atoms with Crippen LogP contribution in [-0.4, -0.2) is 110 Å². The molecule has 0 saturated carbocycles. The number of ether oxygens (including phenoxy) is 6. The van der Waals surface area contributed by atoms with Crippen LogP contribution in [0.15, 0.2) is 12.2 Å². The topological polar surface area (TPSA) is 156 Å². The number of nitrogens with one attached hydrogen (secondary N) is 1. The van der Waals surface area contributed by atoms with Crippen LogP contribution in [0.3, 0.4) is 0 Å². The van der Waals surface area contributed by atoms with E-state index in [4.69, 9.17) is 28.4 Å². The third kappa shape index (κ3) is 19.3. The summed E-state index contributed by atoms with van der Waals surface area (Å²) in [7, 11) is 0. The molecule has 1 aliphatic heterocycles. The van der Waals surface area contributed by atoms with Crippen LogP contribution >= 0.6 is 0 Å². The van der Waals surface area contributed by atoms with Crippen LogP contribution in [0.1, 0.15) is 88.0 Å². The monoisotopic (exact) mass is 642 g/mol. The van der Waals surface area contributed by atoms with Gasteiger partial charge < -0.3 is 33.7 Å². The quantitative estimate of drug-likeness (QED) is 0.0898. The van der Waals surface area contributed by atoms with Gasteiger partial charge in [0.1, 0.15) is 16.8 Å². The summed E-state index contributed by atoms with van der Waals surface area (Å²) in [6.45, 7) is 16.9. The van der Waals surface area contributed by atoms with Crippen LogP contribution in [0, 0.1) is 0 Å². The van der Waals surface area contributed by atoms with Gasteiger partial charge in [0.2, 0.25) is 0 Å². The summed E-state index contributed by atoms with van der Waals surface area (Å²) in [4.78, 5) is 61.6. The maximum absolute atomic E-state index is 12.2. The summed E-state index contributed by atoms with van der Waals surface area (Å²) in [5, 5.41) is 3.37. The number of hydrogen-bond donors (Lipinski definition) is 1. The van der Waals surface area contributed by atoms with Crippen molar-refractivity contribution in [3.63, 3.8) is 0 Å². The lowest BCUT2D eigenvalue weighted by Crippen LogP contribution is -2.57. The molecule has 2 amide bonds. The number of esters is 3. The van der Waals surface area contributed by atoms with Crippen molar-refractivity contribution >= 4 is 29.7 Å². The molecular weight excluding hydrogens is 588 g/mol. The lowest BCUT2D eigenvalue weighted by atomic mass is 10.0. The fourth-order valence-electron chi connectivity index (χ4n) is 3.97. The lowest BCUT2D eigenvalue weighted by Gasteiger charge is -2.35. The van der Waals surface area contributed by atoms with Crippen LogP contribution in [-0.2, 0) is 52.4 Å². The molecule has 0 saturated heterocycles. The number of imide groups is 1. The number of nitrogens with zero attached hydrogens (tertiary/aromatic N) is 1.